The van der Waals surface area contributed by atoms with Crippen LogP contribution < -0.4 is 0 Å². The number of aliphatic hydroxyl groups excluding tert-OH is 2. The highest BCUT2D eigenvalue weighted by Gasteiger charge is 2.02. The average molecular weight is 333 g/mol. The van der Waals surface area contributed by atoms with Crippen molar-refractivity contribution >= 4 is 0 Å². The SMILES string of the molecule is CC.CC(CO)Cc1cccc(O)c1.CC(CO)c1ccccn1. The Morgan fingerprint density at radius 1 is 0.958 bits per heavy atom. The lowest BCUT2D eigenvalue weighted by molar-refractivity contribution is 0.237. The van der Waals surface area contributed by atoms with Crippen molar-refractivity contribution in [1.29, 1.82) is 0 Å². The van der Waals surface area contributed by atoms with Crippen LogP contribution in [0.25, 0.3) is 0 Å². The van der Waals surface area contributed by atoms with Gasteiger partial charge in [0.05, 0.1) is 6.61 Å². The molecule has 0 aliphatic carbocycles. The van der Waals surface area contributed by atoms with Crippen LogP contribution in [0.4, 0.5) is 0 Å². The first-order valence-corrected chi connectivity index (χ1v) is 8.47. The predicted octanol–water partition coefficient (Wildman–Crippen LogP) is 3.77. The van der Waals surface area contributed by atoms with E-state index in [1.165, 1.54) is 0 Å². The zero-order valence-corrected chi connectivity index (χ0v) is 15.2. The van der Waals surface area contributed by atoms with Crippen molar-refractivity contribution in [2.75, 3.05) is 13.2 Å². The van der Waals surface area contributed by atoms with Crippen LogP contribution in [-0.2, 0) is 6.42 Å². The number of hydrogen-bond donors (Lipinski definition) is 3. The van der Waals surface area contributed by atoms with Gasteiger partial charge in [-0.05, 0) is 42.2 Å². The normalized spacial score (nSPS) is 12.1. The third kappa shape index (κ3) is 9.28. The second-order valence-electron chi connectivity index (χ2n) is 5.50. The molecule has 0 radical (unpaired) electrons. The number of nitrogens with zero attached hydrogens (tertiary/aromatic N) is 1. The number of aliphatic hydroxyl groups is 2. The van der Waals surface area contributed by atoms with Gasteiger partial charge in [-0.25, -0.2) is 0 Å². The monoisotopic (exact) mass is 333 g/mol. The molecular formula is C20H31NO3. The van der Waals surface area contributed by atoms with Crippen LogP contribution in [0.2, 0.25) is 0 Å². The molecule has 0 fully saturated rings. The summed E-state index contributed by atoms with van der Waals surface area (Å²) in [6.45, 7) is 8.28. The van der Waals surface area contributed by atoms with E-state index in [-0.39, 0.29) is 30.8 Å². The molecular weight excluding hydrogens is 302 g/mol. The van der Waals surface area contributed by atoms with E-state index in [1.54, 1.807) is 18.3 Å². The molecule has 0 bridgehead atoms. The summed E-state index contributed by atoms with van der Waals surface area (Å²) in [6.07, 6.45) is 2.55. The third-order valence-electron chi connectivity index (χ3n) is 3.27. The summed E-state index contributed by atoms with van der Waals surface area (Å²) in [4.78, 5) is 4.09. The van der Waals surface area contributed by atoms with Gasteiger partial charge in [0, 0.05) is 24.4 Å². The number of aromatic nitrogens is 1. The van der Waals surface area contributed by atoms with Gasteiger partial charge in [0.1, 0.15) is 5.75 Å². The van der Waals surface area contributed by atoms with Crippen LogP contribution >= 0.6 is 0 Å². The topological polar surface area (TPSA) is 73.6 Å². The van der Waals surface area contributed by atoms with Crippen LogP contribution in [0.1, 0.15) is 44.9 Å². The Morgan fingerprint density at radius 3 is 2.17 bits per heavy atom. The summed E-state index contributed by atoms with van der Waals surface area (Å²) >= 11 is 0. The smallest absolute Gasteiger partial charge is 0.115 e. The molecule has 0 aliphatic heterocycles. The van der Waals surface area contributed by atoms with E-state index in [1.807, 2.05) is 58.0 Å². The van der Waals surface area contributed by atoms with Crippen molar-refractivity contribution in [2.24, 2.45) is 5.92 Å². The van der Waals surface area contributed by atoms with Crippen LogP contribution in [0.5, 0.6) is 5.75 Å². The summed E-state index contributed by atoms with van der Waals surface area (Å²) in [5.41, 5.74) is 2.02. The van der Waals surface area contributed by atoms with E-state index in [0.29, 0.717) is 0 Å². The summed E-state index contributed by atoms with van der Waals surface area (Å²) in [7, 11) is 0. The molecule has 0 saturated carbocycles. The highest BCUT2D eigenvalue weighted by Crippen LogP contribution is 2.14. The molecule has 2 rings (SSSR count). The zero-order chi connectivity index (χ0) is 18.4. The molecule has 0 spiro atoms. The Kier molecular flexibility index (Phi) is 12.4. The van der Waals surface area contributed by atoms with Crippen LogP contribution in [0.3, 0.4) is 0 Å². The summed E-state index contributed by atoms with van der Waals surface area (Å²) in [5, 5.41) is 26.7. The minimum atomic E-state index is 0.154. The lowest BCUT2D eigenvalue weighted by atomic mass is 10.0. The molecule has 2 unspecified atom stereocenters. The maximum Gasteiger partial charge on any atom is 0.115 e. The van der Waals surface area contributed by atoms with Gasteiger partial charge < -0.3 is 15.3 Å². The fourth-order valence-electron chi connectivity index (χ4n) is 1.91. The Labute approximate surface area is 145 Å². The Morgan fingerprint density at radius 2 is 1.67 bits per heavy atom. The molecule has 1 aromatic heterocycles. The number of hydrogen-bond acceptors (Lipinski definition) is 4. The molecule has 4 heteroatoms. The van der Waals surface area contributed by atoms with Crippen LogP contribution in [0, 0.1) is 5.92 Å². The van der Waals surface area contributed by atoms with E-state index in [4.69, 9.17) is 15.3 Å². The molecule has 24 heavy (non-hydrogen) atoms. The fourth-order valence-corrected chi connectivity index (χ4v) is 1.91. The lowest BCUT2D eigenvalue weighted by Crippen LogP contribution is -2.04. The van der Waals surface area contributed by atoms with Crippen molar-refractivity contribution in [3.8, 4) is 5.75 Å². The van der Waals surface area contributed by atoms with E-state index in [9.17, 15) is 0 Å². The molecule has 1 aromatic carbocycles. The maximum absolute atomic E-state index is 9.14. The lowest BCUT2D eigenvalue weighted by Gasteiger charge is -2.07. The van der Waals surface area contributed by atoms with Crippen molar-refractivity contribution in [1.82, 2.24) is 4.98 Å². The third-order valence-corrected chi connectivity index (χ3v) is 3.27. The number of aromatic hydroxyl groups is 1. The minimum Gasteiger partial charge on any atom is -0.508 e. The quantitative estimate of drug-likeness (QED) is 0.779. The first kappa shape index (κ1) is 22.1. The number of benzene rings is 1. The largest absolute Gasteiger partial charge is 0.508 e. The van der Waals surface area contributed by atoms with E-state index >= 15 is 0 Å². The number of rotatable bonds is 5. The Hall–Kier alpha value is -1.91. The predicted molar refractivity (Wildman–Crippen MR) is 99.1 cm³/mol. The highest BCUT2D eigenvalue weighted by atomic mass is 16.3. The van der Waals surface area contributed by atoms with Gasteiger partial charge in [-0.3, -0.25) is 4.98 Å². The molecule has 0 amide bonds. The molecule has 4 nitrogen and oxygen atoms in total. The number of pyridine rings is 1. The second-order valence-corrected chi connectivity index (χ2v) is 5.50. The van der Waals surface area contributed by atoms with Crippen LogP contribution in [0.15, 0.2) is 48.7 Å². The molecule has 2 aromatic rings. The standard InChI is InChI=1S/C10H14O2.C8H11NO.C2H6/c1-8(7-11)5-9-3-2-4-10(12)6-9;1-7(6-10)8-4-2-3-5-9-8;1-2/h2-4,6,8,11-12H,5,7H2,1H3;2-5,7,10H,6H2,1H3;1-2H3. The van der Waals surface area contributed by atoms with E-state index in [0.717, 1.165) is 17.7 Å². The molecule has 134 valence electrons. The Balaban J connectivity index is 0.000000405. The summed E-state index contributed by atoms with van der Waals surface area (Å²) in [5.74, 6) is 0.700. The molecule has 3 N–H and O–H groups in total. The first-order valence-electron chi connectivity index (χ1n) is 8.47. The van der Waals surface area contributed by atoms with Crippen molar-refractivity contribution < 1.29 is 15.3 Å². The van der Waals surface area contributed by atoms with Crippen molar-refractivity contribution in [3.63, 3.8) is 0 Å². The highest BCUT2D eigenvalue weighted by molar-refractivity contribution is 5.27. The molecule has 0 aliphatic rings. The van der Waals surface area contributed by atoms with Gasteiger partial charge >= 0.3 is 0 Å². The minimum absolute atomic E-state index is 0.154. The van der Waals surface area contributed by atoms with Crippen molar-refractivity contribution in [3.05, 3.63) is 59.9 Å². The molecule has 0 saturated heterocycles. The van der Waals surface area contributed by atoms with Crippen LogP contribution in [-0.4, -0.2) is 33.5 Å². The first-order chi connectivity index (χ1) is 11.6. The van der Waals surface area contributed by atoms with Gasteiger partial charge in [0.15, 0.2) is 0 Å². The van der Waals surface area contributed by atoms with Gasteiger partial charge in [0.25, 0.3) is 0 Å². The van der Waals surface area contributed by atoms with Gasteiger partial charge in [-0.15, -0.1) is 0 Å². The zero-order valence-electron chi connectivity index (χ0n) is 15.2. The summed E-state index contributed by atoms with van der Waals surface area (Å²) < 4.78 is 0. The number of phenols is 1. The van der Waals surface area contributed by atoms with Gasteiger partial charge in [0.2, 0.25) is 0 Å². The van der Waals surface area contributed by atoms with Crippen molar-refractivity contribution in [2.45, 2.75) is 40.0 Å². The maximum atomic E-state index is 9.14. The van der Waals surface area contributed by atoms with E-state index < -0.39 is 0 Å². The van der Waals surface area contributed by atoms with E-state index in [2.05, 4.69) is 4.98 Å². The molecule has 1 heterocycles. The second kappa shape index (κ2) is 13.5. The fraction of sp³-hybridized carbons (Fsp3) is 0.450. The molecule has 2 atom stereocenters. The van der Waals surface area contributed by atoms with Gasteiger partial charge in [-0.1, -0.05) is 45.9 Å². The van der Waals surface area contributed by atoms with Gasteiger partial charge in [-0.2, -0.15) is 0 Å². The number of phenolic OH excluding ortho intramolecular Hbond substituents is 1. The average Bonchev–Trinajstić information content (AvgIpc) is 2.64. The summed E-state index contributed by atoms with van der Waals surface area (Å²) in [6, 6.07) is 12.9. The Bertz CT molecular complexity index is 531.